The van der Waals surface area contributed by atoms with Crippen molar-refractivity contribution >= 4 is 5.78 Å². The molecule has 24 heavy (non-hydrogen) atoms. The predicted octanol–water partition coefficient (Wildman–Crippen LogP) is 3.38. The molecule has 1 heterocycles. The van der Waals surface area contributed by atoms with E-state index in [-0.39, 0.29) is 5.78 Å². The van der Waals surface area contributed by atoms with Crippen molar-refractivity contribution < 1.29 is 14.3 Å². The molecule has 1 saturated heterocycles. The van der Waals surface area contributed by atoms with Gasteiger partial charge in [-0.05, 0) is 55.8 Å². The van der Waals surface area contributed by atoms with Crippen LogP contribution in [0, 0.1) is 0 Å². The second-order valence-electron chi connectivity index (χ2n) is 6.32. The van der Waals surface area contributed by atoms with Crippen molar-refractivity contribution in [2.75, 3.05) is 33.4 Å². The number of carbonyl (C=O) groups is 1. The summed E-state index contributed by atoms with van der Waals surface area (Å²) in [7, 11) is 1.61. The summed E-state index contributed by atoms with van der Waals surface area (Å²) in [5.41, 5.74) is 3.27. The topological polar surface area (TPSA) is 38.8 Å². The highest BCUT2D eigenvalue weighted by Crippen LogP contribution is 2.43. The molecule has 2 aliphatic rings. The van der Waals surface area contributed by atoms with Crippen LogP contribution in [-0.4, -0.2) is 44.0 Å². The molecule has 0 aromatic heterocycles. The van der Waals surface area contributed by atoms with Gasteiger partial charge in [0, 0.05) is 23.2 Å². The third kappa shape index (κ3) is 2.57. The number of methoxy groups -OCH3 is 1. The van der Waals surface area contributed by atoms with E-state index in [1.165, 1.54) is 12.8 Å². The summed E-state index contributed by atoms with van der Waals surface area (Å²) < 4.78 is 11.3. The molecule has 2 aromatic carbocycles. The molecule has 4 rings (SSSR count). The van der Waals surface area contributed by atoms with Crippen molar-refractivity contribution in [1.29, 1.82) is 0 Å². The fraction of sp³-hybridized carbons (Fsp3) is 0.350. The van der Waals surface area contributed by atoms with Gasteiger partial charge in [0.1, 0.15) is 18.1 Å². The maximum absolute atomic E-state index is 12.7. The monoisotopic (exact) mass is 323 g/mol. The summed E-state index contributed by atoms with van der Waals surface area (Å²) >= 11 is 0. The zero-order chi connectivity index (χ0) is 16.5. The average molecular weight is 323 g/mol. The summed E-state index contributed by atoms with van der Waals surface area (Å²) in [6.45, 7) is 3.91. The zero-order valence-corrected chi connectivity index (χ0v) is 13.9. The van der Waals surface area contributed by atoms with E-state index in [1.54, 1.807) is 7.11 Å². The number of hydrogen-bond acceptors (Lipinski definition) is 4. The predicted molar refractivity (Wildman–Crippen MR) is 93.0 cm³/mol. The Morgan fingerprint density at radius 2 is 1.88 bits per heavy atom. The van der Waals surface area contributed by atoms with E-state index in [0.29, 0.717) is 17.9 Å². The lowest BCUT2D eigenvalue weighted by Gasteiger charge is -2.16. The maximum atomic E-state index is 12.7. The Morgan fingerprint density at radius 1 is 1.04 bits per heavy atom. The Labute approximate surface area is 142 Å². The van der Waals surface area contributed by atoms with Crippen LogP contribution in [0.1, 0.15) is 28.8 Å². The van der Waals surface area contributed by atoms with Gasteiger partial charge >= 0.3 is 0 Å². The number of nitrogens with zero attached hydrogens (tertiary/aromatic N) is 1. The first-order valence-corrected chi connectivity index (χ1v) is 8.49. The zero-order valence-electron chi connectivity index (χ0n) is 13.9. The van der Waals surface area contributed by atoms with Gasteiger partial charge in [-0.25, -0.2) is 0 Å². The molecule has 0 saturated carbocycles. The minimum atomic E-state index is 0.0453. The van der Waals surface area contributed by atoms with E-state index in [9.17, 15) is 4.79 Å². The van der Waals surface area contributed by atoms with Gasteiger partial charge in [-0.3, -0.25) is 9.69 Å². The van der Waals surface area contributed by atoms with E-state index in [1.807, 2.05) is 36.4 Å². The highest BCUT2D eigenvalue weighted by molar-refractivity contribution is 6.22. The van der Waals surface area contributed by atoms with E-state index in [0.717, 1.165) is 42.1 Å². The lowest BCUT2D eigenvalue weighted by atomic mass is 10.0. The molecular weight excluding hydrogens is 302 g/mol. The fourth-order valence-corrected chi connectivity index (χ4v) is 3.61. The number of carbonyl (C=O) groups excluding carboxylic acids is 1. The van der Waals surface area contributed by atoms with Crippen LogP contribution in [0.4, 0.5) is 0 Å². The highest BCUT2D eigenvalue weighted by Gasteiger charge is 2.29. The standard InChI is InChI=1S/C20H21NO3/c1-23-14-7-8-15-17(13-14)20(22)16-5-4-6-18(19(15)16)24-12-11-21-9-2-3-10-21/h4-8,13H,2-3,9-12H2,1H3. The number of fused-ring (bicyclic) bond motifs is 3. The summed E-state index contributed by atoms with van der Waals surface area (Å²) in [6.07, 6.45) is 2.56. The first kappa shape index (κ1) is 15.2. The van der Waals surface area contributed by atoms with E-state index in [2.05, 4.69) is 4.90 Å². The molecule has 0 amide bonds. The van der Waals surface area contributed by atoms with Gasteiger partial charge < -0.3 is 9.47 Å². The number of ketones is 1. The second kappa shape index (κ2) is 6.29. The van der Waals surface area contributed by atoms with Crippen LogP contribution in [0.5, 0.6) is 11.5 Å². The van der Waals surface area contributed by atoms with E-state index >= 15 is 0 Å². The van der Waals surface area contributed by atoms with Crippen molar-refractivity contribution in [3.05, 3.63) is 47.5 Å². The van der Waals surface area contributed by atoms with E-state index in [4.69, 9.17) is 9.47 Å². The quantitative estimate of drug-likeness (QED) is 0.721. The molecule has 4 heteroatoms. The second-order valence-corrected chi connectivity index (χ2v) is 6.32. The van der Waals surface area contributed by atoms with Crippen LogP contribution in [-0.2, 0) is 0 Å². The van der Waals surface area contributed by atoms with Crippen molar-refractivity contribution in [3.63, 3.8) is 0 Å². The SMILES string of the molecule is COc1ccc2c(c1)C(=O)c1cccc(OCCN3CCCC3)c1-2. The van der Waals surface area contributed by atoms with Gasteiger partial charge in [0.05, 0.1) is 7.11 Å². The summed E-state index contributed by atoms with van der Waals surface area (Å²) in [6, 6.07) is 11.4. The Hall–Kier alpha value is -2.33. The Bertz CT molecular complexity index is 778. The van der Waals surface area contributed by atoms with Gasteiger partial charge in [-0.15, -0.1) is 0 Å². The Balaban J connectivity index is 1.61. The van der Waals surface area contributed by atoms with Crippen molar-refractivity contribution in [1.82, 2.24) is 4.90 Å². The minimum absolute atomic E-state index is 0.0453. The molecule has 0 unspecified atom stereocenters. The number of rotatable bonds is 5. The normalized spacial score (nSPS) is 16.1. The van der Waals surface area contributed by atoms with Gasteiger partial charge in [-0.2, -0.15) is 0 Å². The third-order valence-corrected chi connectivity index (χ3v) is 4.88. The first-order valence-electron chi connectivity index (χ1n) is 8.49. The van der Waals surface area contributed by atoms with Crippen LogP contribution < -0.4 is 9.47 Å². The lowest BCUT2D eigenvalue weighted by Crippen LogP contribution is -2.25. The Morgan fingerprint density at radius 3 is 2.67 bits per heavy atom. The molecule has 1 aliphatic heterocycles. The van der Waals surface area contributed by atoms with Crippen molar-refractivity contribution in [3.8, 4) is 22.6 Å². The lowest BCUT2D eigenvalue weighted by molar-refractivity contribution is 0.104. The molecule has 0 bridgehead atoms. The van der Waals surface area contributed by atoms with Crippen LogP contribution in [0.3, 0.4) is 0 Å². The molecule has 1 fully saturated rings. The molecule has 1 aliphatic carbocycles. The maximum Gasteiger partial charge on any atom is 0.194 e. The number of likely N-dealkylation sites (tertiary alicyclic amines) is 1. The summed E-state index contributed by atoms with van der Waals surface area (Å²) in [5, 5.41) is 0. The van der Waals surface area contributed by atoms with Gasteiger partial charge in [-0.1, -0.05) is 12.1 Å². The third-order valence-electron chi connectivity index (χ3n) is 4.88. The molecule has 0 radical (unpaired) electrons. The molecule has 2 aromatic rings. The number of benzene rings is 2. The molecule has 0 atom stereocenters. The van der Waals surface area contributed by atoms with Crippen LogP contribution in [0.2, 0.25) is 0 Å². The van der Waals surface area contributed by atoms with Crippen LogP contribution >= 0.6 is 0 Å². The van der Waals surface area contributed by atoms with Gasteiger partial charge in [0.2, 0.25) is 0 Å². The minimum Gasteiger partial charge on any atom is -0.497 e. The molecule has 0 spiro atoms. The summed E-state index contributed by atoms with van der Waals surface area (Å²) in [4.78, 5) is 15.1. The van der Waals surface area contributed by atoms with Gasteiger partial charge in [0.25, 0.3) is 0 Å². The fourth-order valence-electron chi connectivity index (χ4n) is 3.61. The number of ether oxygens (including phenoxy) is 2. The molecular formula is C20H21NO3. The van der Waals surface area contributed by atoms with Crippen molar-refractivity contribution in [2.45, 2.75) is 12.8 Å². The van der Waals surface area contributed by atoms with E-state index < -0.39 is 0 Å². The largest absolute Gasteiger partial charge is 0.497 e. The van der Waals surface area contributed by atoms with Crippen molar-refractivity contribution in [2.24, 2.45) is 0 Å². The van der Waals surface area contributed by atoms with Gasteiger partial charge in [0.15, 0.2) is 5.78 Å². The molecule has 0 N–H and O–H groups in total. The van der Waals surface area contributed by atoms with Crippen LogP contribution in [0.15, 0.2) is 36.4 Å². The smallest absolute Gasteiger partial charge is 0.194 e. The average Bonchev–Trinajstić information content (AvgIpc) is 3.22. The first-order chi connectivity index (χ1) is 11.8. The Kier molecular flexibility index (Phi) is 3.98. The molecule has 124 valence electrons. The number of hydrogen-bond donors (Lipinski definition) is 0. The summed E-state index contributed by atoms with van der Waals surface area (Å²) in [5.74, 6) is 1.54. The molecule has 4 nitrogen and oxygen atoms in total. The van der Waals surface area contributed by atoms with Crippen LogP contribution in [0.25, 0.3) is 11.1 Å². The highest BCUT2D eigenvalue weighted by atomic mass is 16.5.